The van der Waals surface area contributed by atoms with Crippen molar-refractivity contribution in [3.63, 3.8) is 0 Å². The molecule has 0 fully saturated rings. The number of hydrogen-bond donors (Lipinski definition) is 2. The number of benzene rings is 2. The minimum atomic E-state index is -3.67. The highest BCUT2D eigenvalue weighted by atomic mass is 32.2. The lowest BCUT2D eigenvalue weighted by molar-refractivity contribution is 0.0955. The summed E-state index contributed by atoms with van der Waals surface area (Å²) in [6, 6.07) is 10.7. The Hall–Kier alpha value is -2.91. The second-order valence-corrected chi connectivity index (χ2v) is 7.88. The number of carbonyl (C=O) groups is 1. The van der Waals surface area contributed by atoms with Gasteiger partial charge in [0, 0.05) is 24.2 Å². The van der Waals surface area contributed by atoms with Crippen molar-refractivity contribution in [3.05, 3.63) is 53.6 Å². The van der Waals surface area contributed by atoms with E-state index in [0.29, 0.717) is 31.0 Å². The van der Waals surface area contributed by atoms with Crippen LogP contribution < -0.4 is 10.2 Å². The van der Waals surface area contributed by atoms with Crippen LogP contribution in [0, 0.1) is 0 Å². The van der Waals surface area contributed by atoms with E-state index in [0.717, 1.165) is 0 Å². The molecule has 29 heavy (non-hydrogen) atoms. The van der Waals surface area contributed by atoms with Crippen LogP contribution in [0.5, 0.6) is 11.5 Å². The SMILES string of the molecule is CCOc1cccc(/C=N/NC(=O)c2cccc(S(=O)(=O)N(CC)CC)c2)c1O. The molecule has 0 saturated heterocycles. The summed E-state index contributed by atoms with van der Waals surface area (Å²) in [5, 5.41) is 14.0. The van der Waals surface area contributed by atoms with Crippen molar-refractivity contribution in [3.8, 4) is 11.5 Å². The Morgan fingerprint density at radius 3 is 2.52 bits per heavy atom. The van der Waals surface area contributed by atoms with Crippen LogP contribution in [-0.2, 0) is 10.0 Å². The minimum absolute atomic E-state index is 0.0416. The van der Waals surface area contributed by atoms with Gasteiger partial charge in [-0.3, -0.25) is 4.79 Å². The zero-order chi connectivity index (χ0) is 21.4. The zero-order valence-electron chi connectivity index (χ0n) is 16.6. The normalized spacial score (nSPS) is 11.7. The summed E-state index contributed by atoms with van der Waals surface area (Å²) < 4.78 is 31.8. The van der Waals surface area contributed by atoms with Crippen molar-refractivity contribution in [2.75, 3.05) is 19.7 Å². The maximum atomic E-state index is 12.6. The van der Waals surface area contributed by atoms with Crippen molar-refractivity contribution in [2.24, 2.45) is 5.10 Å². The van der Waals surface area contributed by atoms with Crippen molar-refractivity contribution in [1.82, 2.24) is 9.73 Å². The molecule has 0 spiro atoms. The van der Waals surface area contributed by atoms with Crippen LogP contribution in [-0.4, -0.2) is 49.6 Å². The van der Waals surface area contributed by atoms with Gasteiger partial charge in [0.25, 0.3) is 5.91 Å². The highest BCUT2D eigenvalue weighted by Gasteiger charge is 2.22. The molecule has 2 rings (SSSR count). The van der Waals surface area contributed by atoms with Gasteiger partial charge in [0.2, 0.25) is 10.0 Å². The predicted molar refractivity (Wildman–Crippen MR) is 111 cm³/mol. The summed E-state index contributed by atoms with van der Waals surface area (Å²) in [7, 11) is -3.67. The maximum Gasteiger partial charge on any atom is 0.271 e. The molecular weight excluding hydrogens is 394 g/mol. The highest BCUT2D eigenvalue weighted by molar-refractivity contribution is 7.89. The first-order chi connectivity index (χ1) is 13.8. The average molecular weight is 420 g/mol. The first kappa shape index (κ1) is 22.4. The van der Waals surface area contributed by atoms with Gasteiger partial charge in [0.05, 0.1) is 17.7 Å². The van der Waals surface area contributed by atoms with E-state index in [1.54, 1.807) is 39.0 Å². The standard InChI is InChI=1S/C20H25N3O5S/c1-4-23(5-2)29(26,27)17-11-7-9-15(13-17)20(25)22-21-14-16-10-8-12-18(19(16)24)28-6-3/h7-14,24H,4-6H2,1-3H3,(H,22,25)/b21-14+. The summed E-state index contributed by atoms with van der Waals surface area (Å²) >= 11 is 0. The van der Waals surface area contributed by atoms with E-state index in [9.17, 15) is 18.3 Å². The molecule has 0 radical (unpaired) electrons. The summed E-state index contributed by atoms with van der Waals surface area (Å²) in [6.45, 7) is 6.38. The lowest BCUT2D eigenvalue weighted by atomic mass is 10.2. The molecule has 0 unspecified atom stereocenters. The molecule has 2 aromatic rings. The molecule has 1 amide bonds. The Balaban J connectivity index is 2.17. The molecule has 156 valence electrons. The van der Waals surface area contributed by atoms with Crippen LogP contribution in [0.1, 0.15) is 36.7 Å². The van der Waals surface area contributed by atoms with Gasteiger partial charge in [0.1, 0.15) is 0 Å². The summed E-state index contributed by atoms with van der Waals surface area (Å²) in [5.41, 5.74) is 2.86. The molecule has 0 aliphatic heterocycles. The maximum absolute atomic E-state index is 12.6. The molecule has 0 atom stereocenters. The van der Waals surface area contributed by atoms with E-state index >= 15 is 0 Å². The first-order valence-electron chi connectivity index (χ1n) is 9.23. The number of amides is 1. The fraction of sp³-hybridized carbons (Fsp3) is 0.300. The van der Waals surface area contributed by atoms with E-state index < -0.39 is 15.9 Å². The van der Waals surface area contributed by atoms with Gasteiger partial charge in [-0.1, -0.05) is 26.0 Å². The lowest BCUT2D eigenvalue weighted by Gasteiger charge is -2.18. The van der Waals surface area contributed by atoms with E-state index in [1.807, 2.05) is 0 Å². The Morgan fingerprint density at radius 2 is 1.86 bits per heavy atom. The van der Waals surface area contributed by atoms with E-state index in [1.165, 1.54) is 34.8 Å². The number of phenols is 1. The third-order valence-corrected chi connectivity index (χ3v) is 6.19. The number of nitrogens with zero attached hydrogens (tertiary/aromatic N) is 2. The van der Waals surface area contributed by atoms with Crippen LogP contribution in [0.15, 0.2) is 52.5 Å². The van der Waals surface area contributed by atoms with Crippen molar-refractivity contribution in [2.45, 2.75) is 25.7 Å². The fourth-order valence-corrected chi connectivity index (χ4v) is 4.16. The summed E-state index contributed by atoms with van der Waals surface area (Å²) in [5.74, 6) is -0.338. The highest BCUT2D eigenvalue weighted by Crippen LogP contribution is 2.28. The van der Waals surface area contributed by atoms with E-state index in [4.69, 9.17) is 4.74 Å². The number of sulfonamides is 1. The largest absolute Gasteiger partial charge is 0.504 e. The van der Waals surface area contributed by atoms with Crippen molar-refractivity contribution >= 4 is 22.1 Å². The third kappa shape index (κ3) is 5.33. The molecular formula is C20H25N3O5S. The van der Waals surface area contributed by atoms with E-state index in [2.05, 4.69) is 10.5 Å². The monoisotopic (exact) mass is 419 g/mol. The topological polar surface area (TPSA) is 108 Å². The van der Waals surface area contributed by atoms with Gasteiger partial charge >= 0.3 is 0 Å². The predicted octanol–water partition coefficient (Wildman–Crippen LogP) is 2.59. The number of ether oxygens (including phenoxy) is 1. The van der Waals surface area contributed by atoms with Crippen molar-refractivity contribution in [1.29, 1.82) is 0 Å². The smallest absolute Gasteiger partial charge is 0.271 e. The fourth-order valence-electron chi connectivity index (χ4n) is 2.65. The van der Waals surface area contributed by atoms with Gasteiger partial charge in [-0.25, -0.2) is 13.8 Å². The molecule has 0 aromatic heterocycles. The van der Waals surface area contributed by atoms with Crippen LogP contribution in [0.2, 0.25) is 0 Å². The number of rotatable bonds is 9. The molecule has 0 bridgehead atoms. The molecule has 0 saturated carbocycles. The van der Waals surface area contributed by atoms with Crippen LogP contribution in [0.3, 0.4) is 0 Å². The van der Waals surface area contributed by atoms with E-state index in [-0.39, 0.29) is 16.2 Å². The van der Waals surface area contributed by atoms with Gasteiger partial charge in [0.15, 0.2) is 11.5 Å². The zero-order valence-corrected chi connectivity index (χ0v) is 17.4. The number of aromatic hydroxyl groups is 1. The second-order valence-electron chi connectivity index (χ2n) is 5.94. The van der Waals surface area contributed by atoms with Gasteiger partial charge in [-0.05, 0) is 37.3 Å². The Morgan fingerprint density at radius 1 is 1.17 bits per heavy atom. The Kier molecular flexibility index (Phi) is 7.74. The minimum Gasteiger partial charge on any atom is -0.504 e. The second kappa shape index (κ2) is 10.0. The quantitative estimate of drug-likeness (QED) is 0.480. The van der Waals surface area contributed by atoms with Crippen LogP contribution in [0.25, 0.3) is 0 Å². The number of hydrogen-bond acceptors (Lipinski definition) is 6. The molecule has 2 N–H and O–H groups in total. The molecule has 0 heterocycles. The molecule has 8 nitrogen and oxygen atoms in total. The average Bonchev–Trinajstić information content (AvgIpc) is 2.71. The molecule has 0 aliphatic carbocycles. The van der Waals surface area contributed by atoms with Crippen LogP contribution in [0.4, 0.5) is 0 Å². The molecule has 9 heteroatoms. The first-order valence-corrected chi connectivity index (χ1v) is 10.7. The third-order valence-electron chi connectivity index (χ3n) is 4.14. The Bertz CT molecular complexity index is 985. The summed E-state index contributed by atoms with van der Waals surface area (Å²) in [4.78, 5) is 12.4. The van der Waals surface area contributed by atoms with Gasteiger partial charge in [-0.2, -0.15) is 9.41 Å². The number of nitrogens with one attached hydrogen (secondary N) is 1. The lowest BCUT2D eigenvalue weighted by Crippen LogP contribution is -2.30. The summed E-state index contributed by atoms with van der Waals surface area (Å²) in [6.07, 6.45) is 1.28. The number of carbonyl (C=O) groups excluding carboxylic acids is 1. The number of para-hydroxylation sites is 1. The Labute approximate surface area is 170 Å². The van der Waals surface area contributed by atoms with Crippen molar-refractivity contribution < 1.29 is 23.1 Å². The van der Waals surface area contributed by atoms with Crippen LogP contribution >= 0.6 is 0 Å². The molecule has 0 aliphatic rings. The molecule has 2 aromatic carbocycles. The van der Waals surface area contributed by atoms with Gasteiger partial charge < -0.3 is 9.84 Å². The van der Waals surface area contributed by atoms with Gasteiger partial charge in [-0.15, -0.1) is 0 Å². The number of phenolic OH excluding ortho intramolecular Hbond substituents is 1. The number of hydrazone groups is 1.